The first-order chi connectivity index (χ1) is 15.6. The standard InChI is InChI=1S/C27H23N3O2/c1-2-11-30-24-6-4-3-5-20(24)22-12-17(7-9-25(22)30)21-13-19(21)15-29-16-28-23-14-18(27(31)32)8-10-26(23)29/h2-10,12,14,16,19,21H,1,11,13,15H2,(H,31,32). The Labute approximate surface area is 185 Å². The topological polar surface area (TPSA) is 60.0 Å². The predicted molar refractivity (Wildman–Crippen MR) is 127 cm³/mol. The maximum absolute atomic E-state index is 11.2. The summed E-state index contributed by atoms with van der Waals surface area (Å²) in [4.78, 5) is 15.6. The lowest BCUT2D eigenvalue weighted by molar-refractivity contribution is 0.0697. The van der Waals surface area contributed by atoms with E-state index in [0.717, 1.165) is 30.5 Å². The van der Waals surface area contributed by atoms with E-state index < -0.39 is 5.97 Å². The number of carboxylic acids is 1. The summed E-state index contributed by atoms with van der Waals surface area (Å²) >= 11 is 0. The SMILES string of the molecule is C=CCn1c2ccccc2c2cc(C3CC3Cn3cnc4cc(C(=O)O)ccc43)ccc21. The Morgan fingerprint density at radius 3 is 2.72 bits per heavy atom. The molecule has 1 fully saturated rings. The van der Waals surface area contributed by atoms with Gasteiger partial charge in [0.1, 0.15) is 0 Å². The van der Waals surface area contributed by atoms with Crippen LogP contribution in [0.3, 0.4) is 0 Å². The fourth-order valence-electron chi connectivity index (χ4n) is 5.08. The lowest BCUT2D eigenvalue weighted by atomic mass is 10.0. The highest BCUT2D eigenvalue weighted by Gasteiger charge is 2.38. The van der Waals surface area contributed by atoms with Gasteiger partial charge in [-0.05, 0) is 60.2 Å². The van der Waals surface area contributed by atoms with E-state index in [0.29, 0.717) is 11.8 Å². The molecule has 0 amide bonds. The van der Waals surface area contributed by atoms with Crippen molar-refractivity contribution in [2.45, 2.75) is 25.4 Å². The molecule has 158 valence electrons. The Hall–Kier alpha value is -3.86. The van der Waals surface area contributed by atoms with Gasteiger partial charge >= 0.3 is 5.97 Å². The van der Waals surface area contributed by atoms with Crippen molar-refractivity contribution in [1.82, 2.24) is 14.1 Å². The molecule has 32 heavy (non-hydrogen) atoms. The second kappa shape index (κ2) is 7.09. The molecule has 5 heteroatoms. The van der Waals surface area contributed by atoms with Crippen LogP contribution in [0.15, 0.2) is 79.6 Å². The second-order valence-electron chi connectivity index (χ2n) is 8.70. The molecule has 1 saturated carbocycles. The van der Waals surface area contributed by atoms with E-state index in [4.69, 9.17) is 0 Å². The van der Waals surface area contributed by atoms with E-state index in [2.05, 4.69) is 63.2 Å². The Balaban J connectivity index is 1.30. The lowest BCUT2D eigenvalue weighted by Crippen LogP contribution is -2.00. The van der Waals surface area contributed by atoms with E-state index in [1.165, 1.54) is 27.4 Å². The zero-order valence-corrected chi connectivity index (χ0v) is 17.6. The zero-order valence-electron chi connectivity index (χ0n) is 17.6. The van der Waals surface area contributed by atoms with Crippen LogP contribution >= 0.6 is 0 Å². The fourth-order valence-corrected chi connectivity index (χ4v) is 5.08. The summed E-state index contributed by atoms with van der Waals surface area (Å²) in [6.45, 7) is 5.62. The Morgan fingerprint density at radius 1 is 1.06 bits per heavy atom. The van der Waals surface area contributed by atoms with Crippen molar-refractivity contribution in [2.75, 3.05) is 0 Å². The van der Waals surface area contributed by atoms with E-state index in [1.54, 1.807) is 12.1 Å². The number of fused-ring (bicyclic) bond motifs is 4. The molecule has 0 aliphatic heterocycles. The largest absolute Gasteiger partial charge is 0.478 e. The summed E-state index contributed by atoms with van der Waals surface area (Å²) in [5.74, 6) is 0.177. The summed E-state index contributed by atoms with van der Waals surface area (Å²) in [5.41, 5.74) is 5.89. The average molecular weight is 422 g/mol. The van der Waals surface area contributed by atoms with Gasteiger partial charge in [0.2, 0.25) is 0 Å². The number of hydrogen-bond donors (Lipinski definition) is 1. The van der Waals surface area contributed by atoms with Gasteiger partial charge in [-0.25, -0.2) is 9.78 Å². The van der Waals surface area contributed by atoms with Gasteiger partial charge in [0, 0.05) is 34.9 Å². The molecule has 1 aliphatic rings. The number of carbonyl (C=O) groups is 1. The van der Waals surface area contributed by atoms with Gasteiger partial charge in [-0.3, -0.25) is 0 Å². The third-order valence-electron chi connectivity index (χ3n) is 6.76. The van der Waals surface area contributed by atoms with E-state index in [1.807, 2.05) is 18.5 Å². The summed E-state index contributed by atoms with van der Waals surface area (Å²) in [6, 6.07) is 20.6. The van der Waals surface area contributed by atoms with Crippen LogP contribution in [0.1, 0.15) is 28.3 Å². The van der Waals surface area contributed by atoms with Crippen LogP contribution in [0.2, 0.25) is 0 Å². The number of aromatic carboxylic acids is 1. The minimum Gasteiger partial charge on any atom is -0.478 e. The number of nitrogens with zero attached hydrogens (tertiary/aromatic N) is 3. The number of benzene rings is 3. The number of aromatic nitrogens is 3. The van der Waals surface area contributed by atoms with Crippen molar-refractivity contribution in [2.24, 2.45) is 5.92 Å². The van der Waals surface area contributed by atoms with Crippen LogP contribution in [0.25, 0.3) is 32.8 Å². The van der Waals surface area contributed by atoms with Gasteiger partial charge in [-0.15, -0.1) is 6.58 Å². The molecule has 2 atom stereocenters. The molecule has 0 spiro atoms. The number of imidazole rings is 1. The van der Waals surface area contributed by atoms with Crippen LogP contribution in [0.5, 0.6) is 0 Å². The normalized spacial score (nSPS) is 17.9. The highest BCUT2D eigenvalue weighted by molar-refractivity contribution is 6.08. The smallest absolute Gasteiger partial charge is 0.335 e. The minimum atomic E-state index is -0.923. The summed E-state index contributed by atoms with van der Waals surface area (Å²) in [6.07, 6.45) is 4.94. The molecule has 0 saturated heterocycles. The van der Waals surface area contributed by atoms with Crippen LogP contribution < -0.4 is 0 Å². The third-order valence-corrected chi connectivity index (χ3v) is 6.76. The summed E-state index contributed by atoms with van der Waals surface area (Å²) < 4.78 is 4.48. The predicted octanol–water partition coefficient (Wildman–Crippen LogP) is 5.83. The molecule has 3 aromatic carbocycles. The quantitative estimate of drug-likeness (QED) is 0.351. The van der Waals surface area contributed by atoms with Crippen LogP contribution in [-0.4, -0.2) is 25.2 Å². The molecule has 0 bridgehead atoms. The van der Waals surface area contributed by atoms with Crippen molar-refractivity contribution in [1.29, 1.82) is 0 Å². The van der Waals surface area contributed by atoms with Crippen molar-refractivity contribution in [3.63, 3.8) is 0 Å². The molecular weight excluding hydrogens is 398 g/mol. The molecule has 5 nitrogen and oxygen atoms in total. The lowest BCUT2D eigenvalue weighted by Gasteiger charge is -2.06. The molecule has 5 aromatic rings. The minimum absolute atomic E-state index is 0.274. The third kappa shape index (κ3) is 2.93. The zero-order chi connectivity index (χ0) is 21.8. The van der Waals surface area contributed by atoms with Gasteiger partial charge in [-0.1, -0.05) is 30.3 Å². The molecule has 2 heterocycles. The molecule has 2 aromatic heterocycles. The average Bonchev–Trinajstić information content (AvgIpc) is 3.36. The first-order valence-corrected chi connectivity index (χ1v) is 10.9. The number of rotatable bonds is 6. The monoisotopic (exact) mass is 421 g/mol. The Bertz CT molecular complexity index is 1520. The van der Waals surface area contributed by atoms with Crippen LogP contribution in [0.4, 0.5) is 0 Å². The van der Waals surface area contributed by atoms with E-state index >= 15 is 0 Å². The van der Waals surface area contributed by atoms with Gasteiger partial charge in [0.15, 0.2) is 0 Å². The van der Waals surface area contributed by atoms with Crippen molar-refractivity contribution in [3.05, 3.63) is 90.8 Å². The number of para-hydroxylation sites is 1. The van der Waals surface area contributed by atoms with E-state index in [-0.39, 0.29) is 5.56 Å². The molecule has 0 radical (unpaired) electrons. The highest BCUT2D eigenvalue weighted by atomic mass is 16.4. The van der Waals surface area contributed by atoms with Crippen molar-refractivity contribution in [3.8, 4) is 0 Å². The summed E-state index contributed by atoms with van der Waals surface area (Å²) in [7, 11) is 0. The fraction of sp³-hybridized carbons (Fsp3) is 0.185. The van der Waals surface area contributed by atoms with Crippen molar-refractivity contribution >= 4 is 38.8 Å². The summed E-state index contributed by atoms with van der Waals surface area (Å²) in [5, 5.41) is 11.8. The highest BCUT2D eigenvalue weighted by Crippen LogP contribution is 2.49. The molecular formula is C27H23N3O2. The van der Waals surface area contributed by atoms with E-state index in [9.17, 15) is 9.90 Å². The molecule has 6 rings (SSSR count). The van der Waals surface area contributed by atoms with Crippen LogP contribution in [-0.2, 0) is 13.1 Å². The van der Waals surface area contributed by atoms with Gasteiger partial charge in [0.05, 0.1) is 22.9 Å². The molecule has 1 N–H and O–H groups in total. The van der Waals surface area contributed by atoms with Gasteiger partial charge < -0.3 is 14.2 Å². The first kappa shape index (κ1) is 18.9. The Morgan fingerprint density at radius 2 is 1.88 bits per heavy atom. The maximum Gasteiger partial charge on any atom is 0.335 e. The first-order valence-electron chi connectivity index (χ1n) is 10.9. The number of carboxylic acid groups (broad SMARTS) is 1. The number of allylic oxidation sites excluding steroid dienone is 1. The van der Waals surface area contributed by atoms with Gasteiger partial charge in [-0.2, -0.15) is 0 Å². The second-order valence-corrected chi connectivity index (χ2v) is 8.70. The molecule has 2 unspecified atom stereocenters. The number of hydrogen-bond acceptors (Lipinski definition) is 2. The maximum atomic E-state index is 11.2. The molecule has 1 aliphatic carbocycles. The van der Waals surface area contributed by atoms with Crippen molar-refractivity contribution < 1.29 is 9.90 Å². The van der Waals surface area contributed by atoms with Gasteiger partial charge in [0.25, 0.3) is 0 Å². The Kier molecular flexibility index (Phi) is 4.18. The van der Waals surface area contributed by atoms with Crippen LogP contribution in [0, 0.1) is 5.92 Å².